The van der Waals surface area contributed by atoms with Gasteiger partial charge in [-0.15, -0.1) is 0 Å². The van der Waals surface area contributed by atoms with Crippen LogP contribution >= 0.6 is 0 Å². The summed E-state index contributed by atoms with van der Waals surface area (Å²) >= 11 is 0. The van der Waals surface area contributed by atoms with E-state index >= 15 is 0 Å². The molecular weight excluding hydrogens is 590 g/mol. The number of benzene rings is 4. The maximum atomic E-state index is 14.5. The van der Waals surface area contributed by atoms with E-state index in [2.05, 4.69) is 4.98 Å². The van der Waals surface area contributed by atoms with Gasteiger partial charge in [-0.1, -0.05) is 54.6 Å². The zero-order valence-electron chi connectivity index (χ0n) is 23.2. The highest BCUT2D eigenvalue weighted by Crippen LogP contribution is 2.47. The van der Waals surface area contributed by atoms with Crippen LogP contribution in [0.1, 0.15) is 11.1 Å². The van der Waals surface area contributed by atoms with Gasteiger partial charge >= 0.3 is 11.9 Å². The van der Waals surface area contributed by atoms with Crippen molar-refractivity contribution in [3.05, 3.63) is 96.1 Å². The Morgan fingerprint density at radius 3 is 1.60 bits per heavy atom. The van der Waals surface area contributed by atoms with Crippen molar-refractivity contribution in [3.63, 3.8) is 0 Å². The molecule has 4 aromatic carbocycles. The molecule has 1 N–H and O–H groups in total. The third kappa shape index (κ3) is 4.50. The molecule has 220 valence electrons. The second-order valence-corrected chi connectivity index (χ2v) is 14.1. The van der Waals surface area contributed by atoms with E-state index in [0.29, 0.717) is 10.9 Å². The van der Waals surface area contributed by atoms with Gasteiger partial charge in [0, 0.05) is 16.3 Å². The first-order valence-electron chi connectivity index (χ1n) is 13.4. The van der Waals surface area contributed by atoms with E-state index in [1.165, 1.54) is 38.5 Å². The molecule has 6 rings (SSSR count). The van der Waals surface area contributed by atoms with Gasteiger partial charge in [0.05, 0.1) is 51.2 Å². The fourth-order valence-electron chi connectivity index (χ4n) is 6.11. The summed E-state index contributed by atoms with van der Waals surface area (Å²) in [6.07, 6.45) is -0.512. The Labute approximate surface area is 248 Å². The van der Waals surface area contributed by atoms with Crippen LogP contribution in [-0.2, 0) is 51.6 Å². The maximum absolute atomic E-state index is 14.5. The number of esters is 2. The lowest BCUT2D eigenvalue weighted by Crippen LogP contribution is -2.39. The van der Waals surface area contributed by atoms with Gasteiger partial charge in [0.15, 0.2) is 0 Å². The first-order chi connectivity index (χ1) is 20.6. The number of fused-ring (bicyclic) bond motifs is 4. The van der Waals surface area contributed by atoms with Crippen LogP contribution in [0.4, 0.5) is 0 Å². The summed E-state index contributed by atoms with van der Waals surface area (Å²) < 4.78 is 68.1. The number of hydrogen-bond acceptors (Lipinski definition) is 8. The number of aromatic amines is 1. The quantitative estimate of drug-likeness (QED) is 0.272. The molecule has 43 heavy (non-hydrogen) atoms. The van der Waals surface area contributed by atoms with Crippen LogP contribution in [0.15, 0.2) is 105 Å². The van der Waals surface area contributed by atoms with Gasteiger partial charge in [-0.2, -0.15) is 0 Å². The number of sulfone groups is 2. The predicted molar refractivity (Wildman–Crippen MR) is 158 cm³/mol. The second-order valence-electron chi connectivity index (χ2n) is 10.3. The summed E-state index contributed by atoms with van der Waals surface area (Å²) in [6.45, 7) is 0. The molecule has 0 bridgehead atoms. The van der Waals surface area contributed by atoms with Crippen molar-refractivity contribution < 1.29 is 35.9 Å². The molecule has 0 aliphatic heterocycles. The van der Waals surface area contributed by atoms with Crippen molar-refractivity contribution in [3.8, 4) is 0 Å². The summed E-state index contributed by atoms with van der Waals surface area (Å²) in [6, 6.07) is 22.6. The Balaban J connectivity index is 1.83. The zero-order chi connectivity index (χ0) is 30.5. The van der Waals surface area contributed by atoms with Gasteiger partial charge in [0.2, 0.25) is 19.7 Å². The minimum Gasteiger partial charge on any atom is -0.469 e. The van der Waals surface area contributed by atoms with E-state index in [1.54, 1.807) is 60.7 Å². The summed E-state index contributed by atoms with van der Waals surface area (Å²) in [5, 5.41) is 0.705. The number of carbonyl (C=O) groups is 2. The monoisotopic (exact) mass is 617 g/mol. The Bertz CT molecular complexity index is 2120. The number of nitrogens with one attached hydrogen (secondary N) is 1. The summed E-state index contributed by atoms with van der Waals surface area (Å²) in [4.78, 5) is 29.1. The Morgan fingerprint density at radius 2 is 1.09 bits per heavy atom. The highest BCUT2D eigenvalue weighted by atomic mass is 32.2. The smallest absolute Gasteiger partial charge is 0.309 e. The maximum Gasteiger partial charge on any atom is 0.309 e. The van der Waals surface area contributed by atoms with E-state index in [1.807, 2.05) is 0 Å². The van der Waals surface area contributed by atoms with Crippen molar-refractivity contribution in [2.24, 2.45) is 11.8 Å². The van der Waals surface area contributed by atoms with Crippen LogP contribution in [0.3, 0.4) is 0 Å². The van der Waals surface area contributed by atoms with Crippen molar-refractivity contribution in [1.82, 2.24) is 4.98 Å². The molecule has 0 radical (unpaired) electrons. The Hall–Kier alpha value is -4.48. The highest BCUT2D eigenvalue weighted by molar-refractivity contribution is 7.92. The highest BCUT2D eigenvalue weighted by Gasteiger charge is 2.45. The Kier molecular flexibility index (Phi) is 7.10. The van der Waals surface area contributed by atoms with E-state index in [-0.39, 0.29) is 54.5 Å². The minimum atomic E-state index is -4.28. The zero-order valence-corrected chi connectivity index (χ0v) is 24.9. The SMILES string of the molecule is COC(=O)[C@@H]1Cc2c(c(S(=O)(=O)c3ccccc3)c3c([nH]c4ccccc43)c2S(=O)(=O)c2ccccc2)C[C@H]1C(=O)OC. The molecule has 0 saturated carbocycles. The third-order valence-corrected chi connectivity index (χ3v) is 11.8. The molecule has 9 nitrogen and oxygen atoms in total. The van der Waals surface area contributed by atoms with E-state index in [0.717, 1.165) is 0 Å². The van der Waals surface area contributed by atoms with Crippen molar-refractivity contribution in [2.45, 2.75) is 32.4 Å². The number of aromatic nitrogens is 1. The molecule has 1 aromatic heterocycles. The fraction of sp³-hybridized carbons (Fsp3) is 0.188. The molecule has 0 amide bonds. The van der Waals surface area contributed by atoms with Gasteiger partial charge in [-0.25, -0.2) is 16.8 Å². The molecule has 1 aliphatic carbocycles. The van der Waals surface area contributed by atoms with Crippen LogP contribution in [0, 0.1) is 11.8 Å². The molecule has 0 saturated heterocycles. The molecule has 1 aliphatic rings. The van der Waals surface area contributed by atoms with Crippen LogP contribution in [0.25, 0.3) is 21.8 Å². The van der Waals surface area contributed by atoms with Crippen molar-refractivity contribution in [1.29, 1.82) is 0 Å². The third-order valence-electron chi connectivity index (χ3n) is 8.06. The van der Waals surface area contributed by atoms with E-state index in [4.69, 9.17) is 9.47 Å². The molecule has 5 aromatic rings. The number of ether oxygens (including phenoxy) is 2. The van der Waals surface area contributed by atoms with Crippen LogP contribution in [-0.4, -0.2) is 48.0 Å². The second kappa shape index (κ2) is 10.7. The van der Waals surface area contributed by atoms with Crippen LogP contribution in [0.5, 0.6) is 0 Å². The number of para-hydroxylation sites is 1. The number of hydrogen-bond donors (Lipinski definition) is 1. The first-order valence-corrected chi connectivity index (χ1v) is 16.4. The normalized spacial score (nSPS) is 17.0. The van der Waals surface area contributed by atoms with Crippen molar-refractivity contribution >= 4 is 53.4 Å². The topological polar surface area (TPSA) is 137 Å². The summed E-state index contributed by atoms with van der Waals surface area (Å²) in [5.74, 6) is -3.67. The van der Waals surface area contributed by atoms with Crippen LogP contribution < -0.4 is 0 Å². The Morgan fingerprint density at radius 1 is 0.651 bits per heavy atom. The lowest BCUT2D eigenvalue weighted by molar-refractivity contribution is -0.158. The molecule has 0 unspecified atom stereocenters. The van der Waals surface area contributed by atoms with Gasteiger partial charge in [0.25, 0.3) is 0 Å². The summed E-state index contributed by atoms with van der Waals surface area (Å²) in [5.41, 5.74) is 0.945. The van der Waals surface area contributed by atoms with Crippen LogP contribution in [0.2, 0.25) is 0 Å². The first kappa shape index (κ1) is 28.6. The largest absolute Gasteiger partial charge is 0.469 e. The van der Waals surface area contributed by atoms with E-state index < -0.39 is 43.4 Å². The lowest BCUT2D eigenvalue weighted by atomic mass is 9.75. The van der Waals surface area contributed by atoms with Gasteiger partial charge < -0.3 is 14.5 Å². The van der Waals surface area contributed by atoms with Gasteiger partial charge in [-0.3, -0.25) is 9.59 Å². The average Bonchev–Trinajstić information content (AvgIpc) is 3.41. The molecular formula is C32H27NO8S2. The van der Waals surface area contributed by atoms with E-state index in [9.17, 15) is 26.4 Å². The number of rotatable bonds is 6. The molecule has 2 atom stereocenters. The van der Waals surface area contributed by atoms with Crippen molar-refractivity contribution in [2.75, 3.05) is 14.2 Å². The van der Waals surface area contributed by atoms with Gasteiger partial charge in [-0.05, 0) is 54.3 Å². The predicted octanol–water partition coefficient (Wildman–Crippen LogP) is 4.66. The number of methoxy groups -OCH3 is 2. The minimum absolute atomic E-state index is 0.000493. The summed E-state index contributed by atoms with van der Waals surface area (Å²) in [7, 11) is -6.19. The standard InChI is InChI=1S/C32H27NO8S2/c1-40-31(34)24-17-22-23(18-25(24)32(35)41-2)30(43(38,39)20-13-7-4-8-14-20)28-27(21-15-9-10-16-26(21)33-28)29(22)42(36,37)19-11-5-3-6-12-19/h3-16,24-25,33H,17-18H2,1-2H3/t24-,25-/m1/s1. The lowest BCUT2D eigenvalue weighted by Gasteiger charge is -2.32. The molecule has 0 fully saturated rings. The molecule has 11 heteroatoms. The average molecular weight is 618 g/mol. The molecule has 0 spiro atoms. The fourth-order valence-corrected chi connectivity index (χ4v) is 9.57. The number of H-pyrrole nitrogens is 1. The van der Waals surface area contributed by atoms with Gasteiger partial charge in [0.1, 0.15) is 0 Å². The number of carbonyl (C=O) groups excluding carboxylic acids is 2. The molecule has 1 heterocycles.